The second kappa shape index (κ2) is 5.72. The summed E-state index contributed by atoms with van der Waals surface area (Å²) in [6.07, 6.45) is 0. The highest BCUT2D eigenvalue weighted by Crippen LogP contribution is 2.27. The number of rotatable bonds is 4. The monoisotopic (exact) mass is 366 g/mol. The average Bonchev–Trinajstić information content (AvgIpc) is 2.80. The van der Waals surface area contributed by atoms with Crippen LogP contribution in [0.1, 0.15) is 20.7 Å². The summed E-state index contributed by atoms with van der Waals surface area (Å²) >= 11 is 0. The Hall–Kier alpha value is -3.18. The second-order valence-corrected chi connectivity index (χ2v) is 6.38. The zero-order valence-corrected chi connectivity index (χ0v) is 12.9. The third-order valence-electron chi connectivity index (χ3n) is 3.33. The first-order valence-electron chi connectivity index (χ1n) is 6.59. The molecule has 0 spiro atoms. The van der Waals surface area contributed by atoms with Crippen molar-refractivity contribution in [1.29, 1.82) is 0 Å². The van der Waals surface area contributed by atoms with E-state index in [2.05, 4.69) is 4.28 Å². The van der Waals surface area contributed by atoms with E-state index in [1.807, 2.05) is 0 Å². The summed E-state index contributed by atoms with van der Waals surface area (Å²) in [6.45, 7) is 0. The van der Waals surface area contributed by atoms with Crippen LogP contribution in [0.5, 0.6) is 0 Å². The summed E-state index contributed by atoms with van der Waals surface area (Å²) in [7, 11) is -4.79. The van der Waals surface area contributed by atoms with Crippen LogP contribution in [-0.2, 0) is 14.4 Å². The fraction of sp³-hybridized carbons (Fsp3) is 0. The molecule has 1 aliphatic heterocycles. The van der Waals surface area contributed by atoms with Gasteiger partial charge in [0.1, 0.15) is 4.90 Å². The Labute approximate surface area is 139 Å². The summed E-state index contributed by atoms with van der Waals surface area (Å²) in [5.41, 5.74) is -1.19. The lowest BCUT2D eigenvalue weighted by Crippen LogP contribution is -2.32. The lowest BCUT2D eigenvalue weighted by molar-refractivity contribution is -0.387. The van der Waals surface area contributed by atoms with Crippen LogP contribution in [0.4, 0.5) is 10.1 Å². The van der Waals surface area contributed by atoms with Crippen LogP contribution in [0.15, 0.2) is 47.4 Å². The first-order valence-corrected chi connectivity index (χ1v) is 7.99. The summed E-state index contributed by atoms with van der Waals surface area (Å²) in [6, 6.07) is 7.30. The van der Waals surface area contributed by atoms with Crippen molar-refractivity contribution >= 4 is 27.6 Å². The number of imide groups is 1. The van der Waals surface area contributed by atoms with E-state index in [0.29, 0.717) is 12.1 Å². The van der Waals surface area contributed by atoms with Crippen molar-refractivity contribution in [2.75, 3.05) is 0 Å². The van der Waals surface area contributed by atoms with Crippen molar-refractivity contribution < 1.29 is 31.6 Å². The Morgan fingerprint density at radius 3 is 2.12 bits per heavy atom. The van der Waals surface area contributed by atoms with Crippen LogP contribution in [0, 0.1) is 15.9 Å². The van der Waals surface area contributed by atoms with Crippen molar-refractivity contribution in [3.63, 3.8) is 0 Å². The molecule has 0 N–H and O–H groups in total. The van der Waals surface area contributed by atoms with E-state index >= 15 is 0 Å². The van der Waals surface area contributed by atoms with Crippen LogP contribution in [0.3, 0.4) is 0 Å². The minimum absolute atomic E-state index is 0.0369. The fourth-order valence-electron chi connectivity index (χ4n) is 2.16. The van der Waals surface area contributed by atoms with Crippen molar-refractivity contribution in [3.05, 3.63) is 69.5 Å². The van der Waals surface area contributed by atoms with E-state index in [-0.39, 0.29) is 16.2 Å². The van der Waals surface area contributed by atoms with Crippen molar-refractivity contribution in [2.24, 2.45) is 0 Å². The first kappa shape index (κ1) is 16.7. The van der Waals surface area contributed by atoms with Gasteiger partial charge in [0.15, 0.2) is 0 Å². The number of nitrogens with zero attached hydrogens (tertiary/aromatic N) is 2. The van der Waals surface area contributed by atoms with Gasteiger partial charge in [-0.2, -0.15) is 12.8 Å². The van der Waals surface area contributed by atoms with Gasteiger partial charge in [-0.1, -0.05) is 12.1 Å². The Morgan fingerprint density at radius 2 is 1.60 bits per heavy atom. The third kappa shape index (κ3) is 2.75. The van der Waals surface area contributed by atoms with Crippen molar-refractivity contribution in [1.82, 2.24) is 5.06 Å². The Bertz CT molecular complexity index is 1000. The molecule has 128 valence electrons. The molecule has 1 aliphatic rings. The van der Waals surface area contributed by atoms with Gasteiger partial charge in [0.05, 0.1) is 16.1 Å². The molecular formula is C14H7FN2O7S. The van der Waals surface area contributed by atoms with Gasteiger partial charge in [-0.05, 0) is 24.3 Å². The minimum Gasteiger partial charge on any atom is -0.266 e. The van der Waals surface area contributed by atoms with Crippen LogP contribution in [0.2, 0.25) is 0 Å². The van der Waals surface area contributed by atoms with E-state index in [9.17, 15) is 32.5 Å². The predicted octanol–water partition coefficient (Wildman–Crippen LogP) is 1.65. The molecule has 1 heterocycles. The van der Waals surface area contributed by atoms with Gasteiger partial charge >= 0.3 is 15.8 Å². The van der Waals surface area contributed by atoms with E-state index in [4.69, 9.17) is 0 Å². The number of hydrogen-bond acceptors (Lipinski definition) is 7. The van der Waals surface area contributed by atoms with Gasteiger partial charge in [-0.3, -0.25) is 19.7 Å². The molecule has 0 atom stereocenters. The summed E-state index contributed by atoms with van der Waals surface area (Å²) in [4.78, 5) is 33.0. The first-order chi connectivity index (χ1) is 11.7. The highest BCUT2D eigenvalue weighted by molar-refractivity contribution is 7.86. The molecule has 2 aromatic rings. The number of halogens is 1. The SMILES string of the molecule is O=C1c2ccccc2C(=O)N1OS(=O)(=O)c1ccc(F)c([N+](=O)[O-])c1. The molecule has 3 rings (SSSR count). The zero-order valence-electron chi connectivity index (χ0n) is 12.1. The van der Waals surface area contributed by atoms with Gasteiger partial charge < -0.3 is 0 Å². The number of fused-ring (bicyclic) bond motifs is 1. The molecule has 11 heteroatoms. The Balaban J connectivity index is 1.96. The molecule has 2 amide bonds. The molecule has 9 nitrogen and oxygen atoms in total. The zero-order chi connectivity index (χ0) is 18.4. The maximum Gasteiger partial charge on any atom is 0.318 e. The molecule has 0 bridgehead atoms. The largest absolute Gasteiger partial charge is 0.318 e. The van der Waals surface area contributed by atoms with Gasteiger partial charge in [0, 0.05) is 6.07 Å². The van der Waals surface area contributed by atoms with Gasteiger partial charge in [0.25, 0.3) is 11.8 Å². The molecular weight excluding hydrogens is 359 g/mol. The lowest BCUT2D eigenvalue weighted by Gasteiger charge is -2.12. The van der Waals surface area contributed by atoms with E-state index in [1.165, 1.54) is 24.3 Å². The molecule has 0 unspecified atom stereocenters. The second-order valence-electron chi connectivity index (χ2n) is 4.85. The van der Waals surface area contributed by atoms with Crippen molar-refractivity contribution in [2.45, 2.75) is 4.90 Å². The van der Waals surface area contributed by atoms with Crippen LogP contribution >= 0.6 is 0 Å². The predicted molar refractivity (Wildman–Crippen MR) is 78.3 cm³/mol. The summed E-state index contributed by atoms with van der Waals surface area (Å²) < 4.78 is 42.3. The highest BCUT2D eigenvalue weighted by atomic mass is 32.2. The van der Waals surface area contributed by atoms with Crippen LogP contribution < -0.4 is 0 Å². The third-order valence-corrected chi connectivity index (χ3v) is 4.51. The lowest BCUT2D eigenvalue weighted by atomic mass is 10.1. The van der Waals surface area contributed by atoms with Gasteiger partial charge in [0.2, 0.25) is 5.82 Å². The van der Waals surface area contributed by atoms with Gasteiger partial charge in [-0.25, -0.2) is 0 Å². The summed E-state index contributed by atoms with van der Waals surface area (Å²) in [5.74, 6) is -3.24. The van der Waals surface area contributed by atoms with Crippen LogP contribution in [0.25, 0.3) is 0 Å². The van der Waals surface area contributed by atoms with Crippen LogP contribution in [-0.4, -0.2) is 30.2 Å². The quantitative estimate of drug-likeness (QED) is 0.458. The maximum atomic E-state index is 13.3. The minimum atomic E-state index is -4.79. The molecule has 0 saturated heterocycles. The van der Waals surface area contributed by atoms with E-state index in [1.54, 1.807) is 0 Å². The number of hydroxylamine groups is 2. The Morgan fingerprint density at radius 1 is 1.04 bits per heavy atom. The average molecular weight is 366 g/mol. The number of amides is 2. The number of nitro benzene ring substituents is 1. The Kier molecular flexibility index (Phi) is 3.81. The molecule has 25 heavy (non-hydrogen) atoms. The standard InChI is InChI=1S/C14H7FN2O7S/c15-11-6-5-8(7-12(11)17(20)21)25(22,23)24-16-13(18)9-3-1-2-4-10(9)14(16)19/h1-7H. The normalized spacial score (nSPS) is 13.9. The molecule has 0 saturated carbocycles. The molecule has 0 fully saturated rings. The molecule has 2 aromatic carbocycles. The topological polar surface area (TPSA) is 124 Å². The van der Waals surface area contributed by atoms with E-state index in [0.717, 1.165) is 6.07 Å². The summed E-state index contributed by atoms with van der Waals surface area (Å²) in [5, 5.41) is 10.7. The number of carbonyl (C=O) groups is 2. The molecule has 0 aromatic heterocycles. The highest BCUT2D eigenvalue weighted by Gasteiger charge is 2.40. The van der Waals surface area contributed by atoms with Gasteiger partial charge in [-0.15, -0.1) is 9.35 Å². The fourth-order valence-corrected chi connectivity index (χ4v) is 3.07. The number of hydrogen-bond donors (Lipinski definition) is 0. The van der Waals surface area contributed by atoms with Crippen molar-refractivity contribution in [3.8, 4) is 0 Å². The number of carbonyl (C=O) groups excluding carboxylic acids is 2. The number of nitro groups is 1. The number of benzene rings is 2. The maximum absolute atomic E-state index is 13.3. The smallest absolute Gasteiger partial charge is 0.266 e. The molecule has 0 radical (unpaired) electrons. The van der Waals surface area contributed by atoms with E-state index < -0.39 is 43.3 Å². The molecule has 0 aliphatic carbocycles.